The number of halogens is 1. The van der Waals surface area contributed by atoms with E-state index in [0.717, 1.165) is 45.3 Å². The van der Waals surface area contributed by atoms with Crippen molar-refractivity contribution in [3.63, 3.8) is 0 Å². The summed E-state index contributed by atoms with van der Waals surface area (Å²) in [5, 5.41) is 6.37. The van der Waals surface area contributed by atoms with Gasteiger partial charge in [-0.3, -0.25) is 4.79 Å². The van der Waals surface area contributed by atoms with Gasteiger partial charge in [-0.05, 0) is 37.2 Å². The zero-order valence-corrected chi connectivity index (χ0v) is 13.2. The normalized spacial score (nSPS) is 25.5. The van der Waals surface area contributed by atoms with E-state index >= 15 is 0 Å². The molecule has 4 heteroatoms. The molecule has 0 unspecified atom stereocenters. The van der Waals surface area contributed by atoms with Crippen LogP contribution in [0.2, 0.25) is 0 Å². The van der Waals surface area contributed by atoms with Gasteiger partial charge < -0.3 is 10.6 Å². The summed E-state index contributed by atoms with van der Waals surface area (Å²) in [5.41, 5.74) is 1.44. The van der Waals surface area contributed by atoms with Gasteiger partial charge in [0.2, 0.25) is 5.91 Å². The van der Waals surface area contributed by atoms with Gasteiger partial charge in [-0.25, -0.2) is 0 Å². The Labute approximate surface area is 133 Å². The molecule has 2 aliphatic rings. The second-order valence-corrected chi connectivity index (χ2v) is 6.23. The van der Waals surface area contributed by atoms with Crippen LogP contribution in [0.4, 0.5) is 0 Å². The summed E-state index contributed by atoms with van der Waals surface area (Å²) in [6, 6.07) is 10.7. The number of carbonyl (C=O) groups excluding carboxylic acids is 1. The molecule has 0 atom stereocenters. The van der Waals surface area contributed by atoms with Crippen LogP contribution >= 0.6 is 12.4 Å². The van der Waals surface area contributed by atoms with E-state index in [9.17, 15) is 4.79 Å². The number of nitrogens with one attached hydrogen (secondary N) is 2. The molecule has 21 heavy (non-hydrogen) atoms. The Morgan fingerprint density at radius 1 is 1.10 bits per heavy atom. The van der Waals surface area contributed by atoms with Crippen LogP contribution in [0.5, 0.6) is 0 Å². The smallest absolute Gasteiger partial charge is 0.223 e. The topological polar surface area (TPSA) is 41.1 Å². The maximum absolute atomic E-state index is 12.2. The highest BCUT2D eigenvalue weighted by Crippen LogP contribution is 2.35. The van der Waals surface area contributed by atoms with E-state index in [-0.39, 0.29) is 24.2 Å². The third kappa shape index (κ3) is 4.21. The van der Waals surface area contributed by atoms with Crippen molar-refractivity contribution in [2.75, 3.05) is 19.6 Å². The summed E-state index contributed by atoms with van der Waals surface area (Å²) >= 11 is 0. The van der Waals surface area contributed by atoms with Gasteiger partial charge in [-0.2, -0.15) is 0 Å². The lowest BCUT2D eigenvalue weighted by Gasteiger charge is -2.30. The van der Waals surface area contributed by atoms with Crippen LogP contribution in [0.3, 0.4) is 0 Å². The highest BCUT2D eigenvalue weighted by Gasteiger charge is 2.27. The minimum Gasteiger partial charge on any atom is -0.355 e. The second kappa shape index (κ2) is 7.81. The van der Waals surface area contributed by atoms with E-state index in [1.54, 1.807) is 0 Å². The third-order valence-corrected chi connectivity index (χ3v) is 4.80. The van der Waals surface area contributed by atoms with Crippen molar-refractivity contribution in [1.82, 2.24) is 10.6 Å². The van der Waals surface area contributed by atoms with Crippen LogP contribution in [0.25, 0.3) is 0 Å². The number of rotatable bonds is 4. The summed E-state index contributed by atoms with van der Waals surface area (Å²) in [4.78, 5) is 12.2. The van der Waals surface area contributed by atoms with Crippen molar-refractivity contribution < 1.29 is 4.79 Å². The maximum atomic E-state index is 12.2. The van der Waals surface area contributed by atoms with Crippen molar-refractivity contribution >= 4 is 18.3 Å². The van der Waals surface area contributed by atoms with Gasteiger partial charge in [0.05, 0.1) is 0 Å². The summed E-state index contributed by atoms with van der Waals surface area (Å²) in [6.07, 6.45) is 4.36. The van der Waals surface area contributed by atoms with Gasteiger partial charge in [0, 0.05) is 31.5 Å². The Hall–Kier alpha value is -1.06. The Kier molecular flexibility index (Phi) is 6.07. The lowest BCUT2D eigenvalue weighted by atomic mass is 9.78. The number of carbonyl (C=O) groups is 1. The monoisotopic (exact) mass is 308 g/mol. The number of benzene rings is 1. The molecule has 1 saturated heterocycles. The molecule has 3 rings (SSSR count). The van der Waals surface area contributed by atoms with Crippen LogP contribution in [0.1, 0.15) is 37.2 Å². The van der Waals surface area contributed by atoms with Crippen LogP contribution < -0.4 is 10.6 Å². The molecule has 1 aliphatic heterocycles. The zero-order chi connectivity index (χ0) is 13.8. The van der Waals surface area contributed by atoms with E-state index in [2.05, 4.69) is 41.0 Å². The van der Waals surface area contributed by atoms with E-state index in [1.165, 1.54) is 5.56 Å². The number of hydrogen-bond acceptors (Lipinski definition) is 2. The van der Waals surface area contributed by atoms with Gasteiger partial charge in [-0.15, -0.1) is 12.4 Å². The zero-order valence-electron chi connectivity index (χ0n) is 12.4. The standard InChI is InChI=1S/C17H24N2O.ClH/c20-17(19-12-13-10-18-11-13)16-8-6-15(7-9-16)14-4-2-1-3-5-14;/h1-5,13,15-16,18H,6-12H2,(H,19,20);1H. The maximum Gasteiger partial charge on any atom is 0.223 e. The van der Waals surface area contributed by atoms with Crippen LogP contribution in [-0.2, 0) is 4.79 Å². The molecule has 3 nitrogen and oxygen atoms in total. The van der Waals surface area contributed by atoms with Gasteiger partial charge in [0.1, 0.15) is 0 Å². The second-order valence-electron chi connectivity index (χ2n) is 6.23. The first-order chi connectivity index (χ1) is 9.83. The first-order valence-electron chi connectivity index (χ1n) is 7.86. The predicted molar refractivity (Wildman–Crippen MR) is 87.8 cm³/mol. The van der Waals surface area contributed by atoms with E-state index < -0.39 is 0 Å². The molecule has 1 heterocycles. The molecular weight excluding hydrogens is 284 g/mol. The predicted octanol–water partition coefficient (Wildman–Crippen LogP) is 2.72. The van der Waals surface area contributed by atoms with Crippen molar-refractivity contribution in [1.29, 1.82) is 0 Å². The van der Waals surface area contributed by atoms with Gasteiger partial charge in [-0.1, -0.05) is 30.3 Å². The van der Waals surface area contributed by atoms with Crippen molar-refractivity contribution in [3.05, 3.63) is 35.9 Å². The fourth-order valence-electron chi connectivity index (χ4n) is 3.30. The molecule has 0 radical (unpaired) electrons. The molecule has 1 aliphatic carbocycles. The molecule has 1 amide bonds. The Morgan fingerprint density at radius 3 is 2.33 bits per heavy atom. The quantitative estimate of drug-likeness (QED) is 0.898. The fraction of sp³-hybridized carbons (Fsp3) is 0.588. The number of hydrogen-bond donors (Lipinski definition) is 2. The van der Waals surface area contributed by atoms with Gasteiger partial charge in [0.15, 0.2) is 0 Å². The Balaban J connectivity index is 0.00000161. The molecule has 116 valence electrons. The lowest BCUT2D eigenvalue weighted by molar-refractivity contribution is -0.126. The molecule has 2 fully saturated rings. The van der Waals surface area contributed by atoms with E-state index in [1.807, 2.05) is 0 Å². The molecular formula is C17H25ClN2O. The third-order valence-electron chi connectivity index (χ3n) is 4.80. The van der Waals surface area contributed by atoms with Gasteiger partial charge >= 0.3 is 0 Å². The minimum atomic E-state index is 0. The molecule has 1 aromatic carbocycles. The first kappa shape index (κ1) is 16.3. The Bertz CT molecular complexity index is 439. The van der Waals surface area contributed by atoms with Crippen LogP contribution in [0.15, 0.2) is 30.3 Å². The summed E-state index contributed by atoms with van der Waals surface area (Å²) < 4.78 is 0. The fourth-order valence-corrected chi connectivity index (χ4v) is 3.30. The van der Waals surface area contributed by atoms with Crippen molar-refractivity contribution in [3.8, 4) is 0 Å². The minimum absolute atomic E-state index is 0. The number of amides is 1. The average Bonchev–Trinajstić information content (AvgIpc) is 2.46. The first-order valence-corrected chi connectivity index (χ1v) is 7.86. The molecule has 2 N–H and O–H groups in total. The van der Waals surface area contributed by atoms with E-state index in [0.29, 0.717) is 11.8 Å². The SMILES string of the molecule is Cl.O=C(NCC1CNC1)C1CCC(c2ccccc2)CC1. The lowest BCUT2D eigenvalue weighted by Crippen LogP contribution is -2.49. The van der Waals surface area contributed by atoms with E-state index in [4.69, 9.17) is 0 Å². The molecule has 0 spiro atoms. The Morgan fingerprint density at radius 2 is 1.76 bits per heavy atom. The largest absolute Gasteiger partial charge is 0.355 e. The van der Waals surface area contributed by atoms with Gasteiger partial charge in [0.25, 0.3) is 0 Å². The highest BCUT2D eigenvalue weighted by molar-refractivity contribution is 5.85. The van der Waals surface area contributed by atoms with Crippen molar-refractivity contribution in [2.24, 2.45) is 11.8 Å². The average molecular weight is 309 g/mol. The van der Waals surface area contributed by atoms with Crippen LogP contribution in [-0.4, -0.2) is 25.5 Å². The summed E-state index contributed by atoms with van der Waals surface area (Å²) in [6.45, 7) is 2.96. The summed E-state index contributed by atoms with van der Waals surface area (Å²) in [5.74, 6) is 1.82. The van der Waals surface area contributed by atoms with Crippen molar-refractivity contribution in [2.45, 2.75) is 31.6 Å². The molecule has 0 bridgehead atoms. The summed E-state index contributed by atoms with van der Waals surface area (Å²) in [7, 11) is 0. The van der Waals surface area contributed by atoms with Crippen LogP contribution in [0, 0.1) is 11.8 Å². The molecule has 0 aromatic heterocycles. The molecule has 1 saturated carbocycles. The highest BCUT2D eigenvalue weighted by atomic mass is 35.5. The molecule has 1 aromatic rings.